The highest BCUT2D eigenvalue weighted by atomic mass is 16.6. The molecule has 0 aromatic heterocycles. The molecule has 0 aliphatic carbocycles. The summed E-state index contributed by atoms with van der Waals surface area (Å²) >= 11 is 0. The quantitative estimate of drug-likeness (QED) is 0.913. The minimum absolute atomic E-state index is 0.0520. The Hall–Kier alpha value is -1.75. The van der Waals surface area contributed by atoms with Crippen molar-refractivity contribution in [2.75, 3.05) is 26.7 Å². The molecule has 0 spiro atoms. The first-order valence-corrected chi connectivity index (χ1v) is 7.66. The summed E-state index contributed by atoms with van der Waals surface area (Å²) in [5.41, 5.74) is 1.70. The molecule has 1 aromatic rings. The average molecular weight is 306 g/mol. The molecule has 0 bridgehead atoms. The van der Waals surface area contributed by atoms with Crippen LogP contribution < -0.4 is 10.1 Å². The van der Waals surface area contributed by atoms with Gasteiger partial charge in [0, 0.05) is 25.2 Å². The number of carbonyl (C=O) groups excluding carboxylic acids is 1. The van der Waals surface area contributed by atoms with Crippen molar-refractivity contribution in [2.45, 2.75) is 39.3 Å². The Bertz CT molecular complexity index is 537. The zero-order chi connectivity index (χ0) is 16.3. The molecule has 5 heteroatoms. The van der Waals surface area contributed by atoms with E-state index in [1.54, 1.807) is 12.0 Å². The van der Waals surface area contributed by atoms with Gasteiger partial charge >= 0.3 is 6.09 Å². The summed E-state index contributed by atoms with van der Waals surface area (Å²) < 4.78 is 11.0. The number of rotatable bonds is 2. The molecule has 1 heterocycles. The van der Waals surface area contributed by atoms with Gasteiger partial charge in [-0.2, -0.15) is 0 Å². The predicted molar refractivity (Wildman–Crippen MR) is 86.3 cm³/mol. The number of carbonyl (C=O) groups is 1. The molecule has 5 nitrogen and oxygen atoms in total. The maximum absolute atomic E-state index is 12.3. The van der Waals surface area contributed by atoms with Crippen molar-refractivity contribution in [1.29, 1.82) is 0 Å². The molecular weight excluding hydrogens is 280 g/mol. The normalized spacial score (nSPS) is 19.0. The lowest BCUT2D eigenvalue weighted by Crippen LogP contribution is -2.49. The first-order valence-electron chi connectivity index (χ1n) is 7.66. The topological polar surface area (TPSA) is 50.8 Å². The van der Waals surface area contributed by atoms with E-state index >= 15 is 0 Å². The molecular formula is C17H26N2O3. The highest BCUT2D eigenvalue weighted by Crippen LogP contribution is 2.30. The summed E-state index contributed by atoms with van der Waals surface area (Å²) in [6.07, 6.45) is -0.259. The Labute approximate surface area is 132 Å². The van der Waals surface area contributed by atoms with E-state index in [4.69, 9.17) is 9.47 Å². The number of hydrogen-bond donors (Lipinski definition) is 1. The van der Waals surface area contributed by atoms with Crippen molar-refractivity contribution < 1.29 is 14.3 Å². The summed E-state index contributed by atoms with van der Waals surface area (Å²) in [4.78, 5) is 14.0. The molecule has 1 saturated heterocycles. The number of piperazine rings is 1. The van der Waals surface area contributed by atoms with Crippen LogP contribution in [-0.4, -0.2) is 43.3 Å². The Morgan fingerprint density at radius 3 is 2.73 bits per heavy atom. The number of amides is 1. The highest BCUT2D eigenvalue weighted by molar-refractivity contribution is 5.68. The summed E-state index contributed by atoms with van der Waals surface area (Å²) in [7, 11) is 1.68. The number of para-hydroxylation sites is 1. The van der Waals surface area contributed by atoms with E-state index in [9.17, 15) is 4.79 Å². The number of benzene rings is 1. The lowest BCUT2D eigenvalue weighted by atomic mass is 10.0. The zero-order valence-electron chi connectivity index (χ0n) is 14.1. The molecule has 122 valence electrons. The van der Waals surface area contributed by atoms with E-state index in [0.29, 0.717) is 13.1 Å². The van der Waals surface area contributed by atoms with E-state index in [1.807, 2.05) is 45.9 Å². The number of nitrogens with one attached hydrogen (secondary N) is 1. The minimum Gasteiger partial charge on any atom is -0.496 e. The molecule has 0 saturated carbocycles. The van der Waals surface area contributed by atoms with E-state index in [-0.39, 0.29) is 12.1 Å². The maximum atomic E-state index is 12.3. The minimum atomic E-state index is -0.474. The molecule has 1 aromatic carbocycles. The molecule has 0 radical (unpaired) electrons. The molecule has 1 N–H and O–H groups in total. The van der Waals surface area contributed by atoms with Gasteiger partial charge in [0.05, 0.1) is 13.2 Å². The number of nitrogens with zero attached hydrogens (tertiary/aromatic N) is 1. The Morgan fingerprint density at radius 2 is 2.09 bits per heavy atom. The van der Waals surface area contributed by atoms with Gasteiger partial charge in [-0.3, -0.25) is 0 Å². The lowest BCUT2D eigenvalue weighted by Gasteiger charge is -2.35. The van der Waals surface area contributed by atoms with Crippen LogP contribution in [0, 0.1) is 6.92 Å². The second-order valence-corrected chi connectivity index (χ2v) is 6.63. The van der Waals surface area contributed by atoms with Gasteiger partial charge in [0.15, 0.2) is 0 Å². The Kier molecular flexibility index (Phi) is 4.96. The van der Waals surface area contributed by atoms with Crippen LogP contribution in [0.5, 0.6) is 5.75 Å². The average Bonchev–Trinajstić information content (AvgIpc) is 2.45. The summed E-state index contributed by atoms with van der Waals surface area (Å²) in [5.74, 6) is 0.881. The van der Waals surface area contributed by atoms with Gasteiger partial charge in [-0.15, -0.1) is 0 Å². The van der Waals surface area contributed by atoms with Gasteiger partial charge in [-0.05, 0) is 33.3 Å². The van der Waals surface area contributed by atoms with Crippen molar-refractivity contribution in [3.8, 4) is 5.75 Å². The second-order valence-electron chi connectivity index (χ2n) is 6.63. The van der Waals surface area contributed by atoms with E-state index in [1.165, 1.54) is 0 Å². The number of methoxy groups -OCH3 is 1. The van der Waals surface area contributed by atoms with Crippen LogP contribution in [0.3, 0.4) is 0 Å². The van der Waals surface area contributed by atoms with Crippen LogP contribution in [0.25, 0.3) is 0 Å². The van der Waals surface area contributed by atoms with Crippen molar-refractivity contribution in [2.24, 2.45) is 0 Å². The third-order valence-electron chi connectivity index (χ3n) is 3.65. The second kappa shape index (κ2) is 6.57. The summed E-state index contributed by atoms with van der Waals surface area (Å²) in [5, 5.41) is 3.46. The van der Waals surface area contributed by atoms with Crippen LogP contribution in [0.4, 0.5) is 4.79 Å². The smallest absolute Gasteiger partial charge is 0.410 e. The van der Waals surface area contributed by atoms with Crippen molar-refractivity contribution in [3.63, 3.8) is 0 Å². The van der Waals surface area contributed by atoms with Crippen LogP contribution >= 0.6 is 0 Å². The van der Waals surface area contributed by atoms with Gasteiger partial charge in [0.25, 0.3) is 0 Å². The zero-order valence-corrected chi connectivity index (χ0v) is 14.1. The first-order chi connectivity index (χ1) is 10.3. The molecule has 1 aliphatic rings. The monoisotopic (exact) mass is 306 g/mol. The van der Waals surface area contributed by atoms with Gasteiger partial charge in [-0.1, -0.05) is 18.2 Å². The fraction of sp³-hybridized carbons (Fsp3) is 0.588. The summed E-state index contributed by atoms with van der Waals surface area (Å²) in [6, 6.07) is 6.14. The van der Waals surface area contributed by atoms with Crippen LogP contribution in [0.15, 0.2) is 18.2 Å². The maximum Gasteiger partial charge on any atom is 0.410 e. The fourth-order valence-electron chi connectivity index (χ4n) is 2.68. The van der Waals surface area contributed by atoms with Crippen molar-refractivity contribution >= 4 is 6.09 Å². The molecule has 2 rings (SSSR count). The molecule has 1 fully saturated rings. The van der Waals surface area contributed by atoms with E-state index in [0.717, 1.165) is 23.4 Å². The third-order valence-corrected chi connectivity index (χ3v) is 3.65. The molecule has 1 atom stereocenters. The third kappa shape index (κ3) is 3.91. The number of hydrogen-bond acceptors (Lipinski definition) is 4. The molecule has 22 heavy (non-hydrogen) atoms. The van der Waals surface area contributed by atoms with E-state index < -0.39 is 5.60 Å². The van der Waals surface area contributed by atoms with Gasteiger partial charge in [-0.25, -0.2) is 4.79 Å². The first kappa shape index (κ1) is 16.6. The lowest BCUT2D eigenvalue weighted by molar-refractivity contribution is 0.0194. The van der Waals surface area contributed by atoms with Crippen LogP contribution in [-0.2, 0) is 4.74 Å². The van der Waals surface area contributed by atoms with Crippen molar-refractivity contribution in [1.82, 2.24) is 10.2 Å². The largest absolute Gasteiger partial charge is 0.496 e. The fourth-order valence-corrected chi connectivity index (χ4v) is 2.68. The SMILES string of the molecule is COc1c(C)cccc1C1CN(C(=O)OC(C)(C)C)CCN1. The highest BCUT2D eigenvalue weighted by Gasteiger charge is 2.29. The predicted octanol–water partition coefficient (Wildman–Crippen LogP) is 2.89. The van der Waals surface area contributed by atoms with Gasteiger partial charge in [0.1, 0.15) is 11.4 Å². The number of aryl methyl sites for hydroxylation is 1. The van der Waals surface area contributed by atoms with E-state index in [2.05, 4.69) is 5.32 Å². The summed E-state index contributed by atoms with van der Waals surface area (Å²) in [6.45, 7) is 9.64. The van der Waals surface area contributed by atoms with Crippen molar-refractivity contribution in [3.05, 3.63) is 29.3 Å². The Morgan fingerprint density at radius 1 is 1.36 bits per heavy atom. The standard InChI is InChI=1S/C17H26N2O3/c1-12-7-6-8-13(15(12)21-5)14-11-19(10-9-18-14)16(20)22-17(2,3)4/h6-8,14,18H,9-11H2,1-5H3. The molecule has 1 amide bonds. The van der Waals surface area contributed by atoms with Crippen LogP contribution in [0.1, 0.15) is 37.9 Å². The Balaban J connectivity index is 2.14. The number of ether oxygens (including phenoxy) is 2. The van der Waals surface area contributed by atoms with Gasteiger partial charge in [0.2, 0.25) is 0 Å². The molecule has 1 unspecified atom stereocenters. The van der Waals surface area contributed by atoms with Crippen LogP contribution in [0.2, 0.25) is 0 Å². The van der Waals surface area contributed by atoms with Gasteiger partial charge < -0.3 is 19.7 Å². The molecule has 1 aliphatic heterocycles.